The highest BCUT2D eigenvalue weighted by Crippen LogP contribution is 2.48. The molecule has 0 fully saturated rings. The van der Waals surface area contributed by atoms with Crippen molar-refractivity contribution in [1.29, 1.82) is 5.26 Å². The molecule has 0 spiro atoms. The summed E-state index contributed by atoms with van der Waals surface area (Å²) in [4.78, 5) is 14.9. The number of benzene rings is 1. The monoisotopic (exact) mass is 469 g/mol. The molecule has 166 valence electrons. The summed E-state index contributed by atoms with van der Waals surface area (Å²) in [6, 6.07) is 7.06. The van der Waals surface area contributed by atoms with E-state index in [1.807, 2.05) is 0 Å². The summed E-state index contributed by atoms with van der Waals surface area (Å²) < 4.78 is 6.05. The number of thioether (sulfide) groups is 1. The van der Waals surface area contributed by atoms with Crippen LogP contribution >= 0.6 is 23.1 Å². The van der Waals surface area contributed by atoms with E-state index in [-0.39, 0.29) is 28.7 Å². The third-order valence-electron chi connectivity index (χ3n) is 5.37. The zero-order chi connectivity index (χ0) is 23.0. The Morgan fingerprint density at radius 3 is 2.84 bits per heavy atom. The average Bonchev–Trinajstić information content (AvgIpc) is 3.20. The molecule has 0 bridgehead atoms. The number of methoxy groups -OCH3 is 1. The fourth-order valence-corrected chi connectivity index (χ4v) is 6.16. The number of ether oxygens (including phenoxy) is 1. The van der Waals surface area contributed by atoms with Gasteiger partial charge in [0.1, 0.15) is 5.82 Å². The van der Waals surface area contributed by atoms with Gasteiger partial charge in [0.2, 0.25) is 5.13 Å². The van der Waals surface area contributed by atoms with Crippen LogP contribution in [0.5, 0.6) is 11.5 Å². The van der Waals surface area contributed by atoms with E-state index in [1.165, 1.54) is 24.5 Å². The third kappa shape index (κ3) is 3.82. The van der Waals surface area contributed by atoms with Crippen LogP contribution in [0.3, 0.4) is 0 Å². The van der Waals surface area contributed by atoms with Gasteiger partial charge in [-0.25, -0.2) is 0 Å². The molecule has 1 atom stereocenters. The van der Waals surface area contributed by atoms with Gasteiger partial charge in [0.15, 0.2) is 21.6 Å². The van der Waals surface area contributed by atoms with Crippen LogP contribution in [-0.4, -0.2) is 33.4 Å². The normalized spacial score (nSPS) is 18.8. The Hall–Kier alpha value is -3.03. The fourth-order valence-electron chi connectivity index (χ4n) is 4.05. The van der Waals surface area contributed by atoms with E-state index >= 15 is 0 Å². The predicted molar refractivity (Wildman–Crippen MR) is 123 cm³/mol. The molecule has 0 amide bonds. The molecule has 1 aliphatic carbocycles. The minimum absolute atomic E-state index is 0.0163. The Morgan fingerprint density at radius 2 is 2.16 bits per heavy atom. The minimum atomic E-state index is -0.633. The maximum absolute atomic E-state index is 13.2. The van der Waals surface area contributed by atoms with Gasteiger partial charge in [-0.3, -0.25) is 9.69 Å². The Labute approximate surface area is 194 Å². The average molecular weight is 470 g/mol. The summed E-state index contributed by atoms with van der Waals surface area (Å²) >= 11 is 2.99. The molecule has 1 unspecified atom stereocenters. The molecular formula is C22H23N5O3S2. The molecule has 10 heteroatoms. The number of Topliss-reactive ketones (excluding diaryl/α,β-unsaturated/α-hetero) is 1. The summed E-state index contributed by atoms with van der Waals surface area (Å²) in [7, 11) is 1.45. The number of carbonyl (C=O) groups is 1. The maximum atomic E-state index is 13.2. The number of nitrogens with zero attached hydrogens (tertiary/aromatic N) is 4. The van der Waals surface area contributed by atoms with Crippen molar-refractivity contribution in [2.45, 2.75) is 48.6 Å². The lowest BCUT2D eigenvalue weighted by atomic mass is 9.75. The fraction of sp³-hybridized carbons (Fsp3) is 0.364. The molecule has 2 aromatic rings. The first kappa shape index (κ1) is 22.2. The van der Waals surface area contributed by atoms with Crippen molar-refractivity contribution in [2.75, 3.05) is 12.0 Å². The summed E-state index contributed by atoms with van der Waals surface area (Å²) in [5.74, 6) is -0.154. The van der Waals surface area contributed by atoms with Crippen LogP contribution in [0, 0.1) is 11.3 Å². The van der Waals surface area contributed by atoms with E-state index in [1.54, 1.807) is 28.8 Å². The highest BCUT2D eigenvalue weighted by molar-refractivity contribution is 8.01. The number of phenols is 1. The second kappa shape index (κ2) is 8.84. The topological polar surface area (TPSA) is 125 Å². The first-order chi connectivity index (χ1) is 15.3. The van der Waals surface area contributed by atoms with Crippen LogP contribution in [0.1, 0.15) is 44.6 Å². The van der Waals surface area contributed by atoms with Crippen molar-refractivity contribution in [1.82, 2.24) is 10.2 Å². The van der Waals surface area contributed by atoms with E-state index in [0.717, 1.165) is 10.0 Å². The van der Waals surface area contributed by atoms with Crippen LogP contribution in [0.15, 0.2) is 45.2 Å². The van der Waals surface area contributed by atoms with Crippen LogP contribution in [0.4, 0.5) is 5.13 Å². The number of allylic oxidation sites excluding steroid dienone is 3. The summed E-state index contributed by atoms with van der Waals surface area (Å²) in [6.45, 7) is 4.15. The van der Waals surface area contributed by atoms with Gasteiger partial charge in [-0.05, 0) is 30.5 Å². The molecule has 32 heavy (non-hydrogen) atoms. The summed E-state index contributed by atoms with van der Waals surface area (Å²) in [6.07, 6.45) is 1.74. The molecule has 1 aromatic heterocycles. The molecule has 1 aromatic carbocycles. The number of aromatic nitrogens is 2. The third-order valence-corrected chi connectivity index (χ3v) is 7.37. The number of anilines is 1. The lowest BCUT2D eigenvalue weighted by Crippen LogP contribution is -2.38. The molecule has 1 aliphatic heterocycles. The molecule has 0 radical (unpaired) electrons. The van der Waals surface area contributed by atoms with Gasteiger partial charge in [-0.15, -0.1) is 10.2 Å². The largest absolute Gasteiger partial charge is 0.504 e. The van der Waals surface area contributed by atoms with Gasteiger partial charge in [0, 0.05) is 22.9 Å². The van der Waals surface area contributed by atoms with Crippen molar-refractivity contribution < 1.29 is 14.6 Å². The van der Waals surface area contributed by atoms with Crippen molar-refractivity contribution in [3.8, 4) is 17.6 Å². The number of ketones is 1. The number of hydrogen-bond donors (Lipinski definition) is 2. The molecular weight excluding hydrogens is 446 g/mol. The van der Waals surface area contributed by atoms with Gasteiger partial charge in [-0.2, -0.15) is 5.26 Å². The molecule has 0 saturated heterocycles. The van der Waals surface area contributed by atoms with Crippen molar-refractivity contribution in [3.05, 3.63) is 46.4 Å². The van der Waals surface area contributed by atoms with Crippen molar-refractivity contribution >= 4 is 34.0 Å². The van der Waals surface area contributed by atoms with E-state index in [2.05, 4.69) is 30.1 Å². The zero-order valence-corrected chi connectivity index (χ0v) is 19.6. The minimum Gasteiger partial charge on any atom is -0.504 e. The Kier molecular flexibility index (Phi) is 6.13. The molecule has 4 rings (SSSR count). The molecule has 2 aliphatic rings. The second-order valence-corrected chi connectivity index (χ2v) is 10.5. The Bertz CT molecular complexity index is 1180. The van der Waals surface area contributed by atoms with Gasteiger partial charge in [0.05, 0.1) is 24.7 Å². The van der Waals surface area contributed by atoms with Crippen LogP contribution < -0.4 is 15.4 Å². The standard InChI is InChI=1S/C22H23N5O3S2/c1-11(2)31-22-26-25-21(32-22)27-14-5-4-6-16(29)19(14)18(13(10-23)20(27)24)12-7-8-15(28)17(9-12)30-3/h7-9,11,18,28H,4-6,24H2,1-3H3. The molecule has 0 saturated carbocycles. The van der Waals surface area contributed by atoms with E-state index in [9.17, 15) is 15.2 Å². The highest BCUT2D eigenvalue weighted by Gasteiger charge is 2.41. The SMILES string of the molecule is COc1cc(C2C(C#N)=C(N)N(c3nnc(SC(C)C)s3)C3=C2C(=O)CCC3)ccc1O. The summed E-state index contributed by atoms with van der Waals surface area (Å²) in [5, 5.41) is 29.6. The number of aromatic hydroxyl groups is 1. The molecule has 3 N–H and O–H groups in total. The van der Waals surface area contributed by atoms with Crippen LogP contribution in [0.25, 0.3) is 0 Å². The second-order valence-electron chi connectivity index (χ2n) is 7.76. The van der Waals surface area contributed by atoms with Gasteiger partial charge >= 0.3 is 0 Å². The van der Waals surface area contributed by atoms with Crippen molar-refractivity contribution in [3.63, 3.8) is 0 Å². The smallest absolute Gasteiger partial charge is 0.219 e. The van der Waals surface area contributed by atoms with E-state index in [0.29, 0.717) is 40.8 Å². The number of rotatable bonds is 5. The van der Waals surface area contributed by atoms with Gasteiger partial charge in [0.25, 0.3) is 0 Å². The Balaban J connectivity index is 1.89. The Morgan fingerprint density at radius 1 is 1.38 bits per heavy atom. The highest BCUT2D eigenvalue weighted by atomic mass is 32.2. The van der Waals surface area contributed by atoms with Crippen LogP contribution in [-0.2, 0) is 4.79 Å². The summed E-state index contributed by atoms with van der Waals surface area (Å²) in [5.41, 5.74) is 8.77. The number of phenolic OH excluding ortho intramolecular Hbond substituents is 1. The molecule has 8 nitrogen and oxygen atoms in total. The first-order valence-corrected chi connectivity index (χ1v) is 11.9. The zero-order valence-electron chi connectivity index (χ0n) is 18.0. The maximum Gasteiger partial charge on any atom is 0.219 e. The van der Waals surface area contributed by atoms with E-state index < -0.39 is 5.92 Å². The number of nitriles is 1. The predicted octanol–water partition coefficient (Wildman–Crippen LogP) is 4.06. The quantitative estimate of drug-likeness (QED) is 0.624. The van der Waals surface area contributed by atoms with Gasteiger partial charge < -0.3 is 15.6 Å². The van der Waals surface area contributed by atoms with E-state index in [4.69, 9.17) is 10.5 Å². The van der Waals surface area contributed by atoms with Crippen LogP contribution in [0.2, 0.25) is 0 Å². The van der Waals surface area contributed by atoms with Gasteiger partial charge in [-0.1, -0.05) is 43.0 Å². The lowest BCUT2D eigenvalue weighted by Gasteiger charge is -2.38. The lowest BCUT2D eigenvalue weighted by molar-refractivity contribution is -0.116. The number of nitrogens with two attached hydrogens (primary N) is 1. The number of hydrogen-bond acceptors (Lipinski definition) is 10. The number of carbonyl (C=O) groups excluding carboxylic acids is 1. The first-order valence-electron chi connectivity index (χ1n) is 10.2. The molecule has 2 heterocycles. The van der Waals surface area contributed by atoms with Crippen molar-refractivity contribution in [2.24, 2.45) is 5.73 Å².